The quantitative estimate of drug-likeness (QED) is 0.414. The average molecular weight is 495 g/mol. The Morgan fingerprint density at radius 1 is 1.14 bits per heavy atom. The summed E-state index contributed by atoms with van der Waals surface area (Å²) in [4.78, 5) is 31.1. The van der Waals surface area contributed by atoms with Gasteiger partial charge in [-0.2, -0.15) is 0 Å². The molecule has 0 saturated carbocycles. The van der Waals surface area contributed by atoms with E-state index in [1.807, 2.05) is 17.0 Å². The number of hydrogen-bond acceptors (Lipinski definition) is 6. The number of carboxylic acids is 1. The number of aryl methyl sites for hydroxylation is 1. The van der Waals surface area contributed by atoms with Gasteiger partial charge in [-0.3, -0.25) is 0 Å². The molecule has 0 radical (unpaired) electrons. The minimum atomic E-state index is -1.09. The van der Waals surface area contributed by atoms with Crippen molar-refractivity contribution in [2.45, 2.75) is 38.6 Å². The zero-order valence-electron chi connectivity index (χ0n) is 19.2. The number of carboxylic acid groups (broad SMARTS) is 1. The number of hydrogen-bond donors (Lipinski definition) is 1. The monoisotopic (exact) mass is 494 g/mol. The summed E-state index contributed by atoms with van der Waals surface area (Å²) in [5, 5.41) is 9.70. The maximum absolute atomic E-state index is 15.2. The number of fused-ring (bicyclic) bond motifs is 1. The molecule has 8 nitrogen and oxygen atoms in total. The molecule has 0 atom stereocenters. The zero-order valence-corrected chi connectivity index (χ0v) is 19.9. The molecule has 180 valence electrons. The van der Waals surface area contributed by atoms with Crippen molar-refractivity contribution in [2.24, 2.45) is 0 Å². The first-order chi connectivity index (χ1) is 16.9. The van der Waals surface area contributed by atoms with Gasteiger partial charge >= 0.3 is 5.97 Å². The van der Waals surface area contributed by atoms with Crippen LogP contribution < -0.4 is 4.90 Å². The van der Waals surface area contributed by atoms with Crippen molar-refractivity contribution in [3.05, 3.63) is 76.3 Å². The average Bonchev–Trinajstić information content (AvgIpc) is 3.21. The van der Waals surface area contributed by atoms with Gasteiger partial charge in [0.1, 0.15) is 12.0 Å². The number of anilines is 1. The lowest BCUT2D eigenvalue weighted by atomic mass is 10.0. The highest BCUT2D eigenvalue weighted by Crippen LogP contribution is 2.31. The van der Waals surface area contributed by atoms with Crippen LogP contribution in [0.4, 0.5) is 10.3 Å². The van der Waals surface area contributed by atoms with Gasteiger partial charge in [-0.05, 0) is 42.5 Å². The van der Waals surface area contributed by atoms with Gasteiger partial charge in [0.2, 0.25) is 5.95 Å². The molecule has 35 heavy (non-hydrogen) atoms. The van der Waals surface area contributed by atoms with Gasteiger partial charge in [0.05, 0.1) is 21.7 Å². The summed E-state index contributed by atoms with van der Waals surface area (Å²) in [6.07, 6.45) is 9.52. The lowest BCUT2D eigenvalue weighted by molar-refractivity contribution is 0.0697. The number of carbonyl (C=O) groups is 1. The summed E-state index contributed by atoms with van der Waals surface area (Å²) in [6.45, 7) is 3.61. The van der Waals surface area contributed by atoms with Crippen LogP contribution in [0, 0.1) is 5.82 Å². The molecular formula is C25H24ClFN6O2. The maximum Gasteiger partial charge on any atom is 0.337 e. The third-order valence-electron chi connectivity index (χ3n) is 6.52. The van der Waals surface area contributed by atoms with Crippen LogP contribution in [0.15, 0.2) is 43.1 Å². The molecule has 1 saturated heterocycles. The van der Waals surface area contributed by atoms with Crippen LogP contribution in [0.2, 0.25) is 5.02 Å². The van der Waals surface area contributed by atoms with E-state index in [9.17, 15) is 9.90 Å². The van der Waals surface area contributed by atoms with Gasteiger partial charge in [-0.1, -0.05) is 24.6 Å². The van der Waals surface area contributed by atoms with Crippen LogP contribution in [-0.4, -0.2) is 48.7 Å². The lowest BCUT2D eigenvalue weighted by Crippen LogP contribution is -2.35. The number of rotatable bonds is 6. The second-order valence-corrected chi connectivity index (χ2v) is 9.07. The molecule has 0 aliphatic carbocycles. The standard InChI is InChI=1S/C25H24ClFN6O2/c1-2-15-11-28-25(29-12-15)32-7-5-17(6-8-32)33-13-20(27)22-21(30-14-31-23(22)33)10-16-3-4-18(24(34)35)19(26)9-16/h3-4,9,11-14,17H,2,5-8,10H2,1H3,(H,34,35). The highest BCUT2D eigenvalue weighted by Gasteiger charge is 2.26. The summed E-state index contributed by atoms with van der Waals surface area (Å²) in [5.41, 5.74) is 2.97. The normalized spacial score (nSPS) is 14.5. The molecule has 4 aromatic rings. The predicted molar refractivity (Wildman–Crippen MR) is 131 cm³/mol. The fourth-order valence-corrected chi connectivity index (χ4v) is 4.87. The Bertz CT molecular complexity index is 1380. The number of halogens is 2. The van der Waals surface area contributed by atoms with Crippen molar-refractivity contribution in [3.8, 4) is 0 Å². The first-order valence-electron chi connectivity index (χ1n) is 11.5. The highest BCUT2D eigenvalue weighted by atomic mass is 35.5. The van der Waals surface area contributed by atoms with E-state index in [1.165, 1.54) is 18.6 Å². The van der Waals surface area contributed by atoms with Crippen molar-refractivity contribution >= 4 is 34.6 Å². The number of nitrogens with zero attached hydrogens (tertiary/aromatic N) is 6. The second kappa shape index (κ2) is 9.58. The van der Waals surface area contributed by atoms with Crippen molar-refractivity contribution in [2.75, 3.05) is 18.0 Å². The van der Waals surface area contributed by atoms with Gasteiger partial charge in [0, 0.05) is 44.1 Å². The van der Waals surface area contributed by atoms with E-state index in [1.54, 1.807) is 12.1 Å². The molecular weight excluding hydrogens is 471 g/mol. The van der Waals surface area contributed by atoms with E-state index >= 15 is 4.39 Å². The van der Waals surface area contributed by atoms with Crippen molar-refractivity contribution in [1.82, 2.24) is 24.5 Å². The molecule has 0 bridgehead atoms. The molecule has 1 aliphatic rings. The molecule has 1 aliphatic heterocycles. The van der Waals surface area contributed by atoms with E-state index in [0.717, 1.165) is 49.4 Å². The van der Waals surface area contributed by atoms with Gasteiger partial charge in [0.25, 0.3) is 0 Å². The third kappa shape index (κ3) is 4.55. The fourth-order valence-electron chi connectivity index (χ4n) is 4.59. The topological polar surface area (TPSA) is 97.0 Å². The molecule has 10 heteroatoms. The minimum Gasteiger partial charge on any atom is -0.478 e. The van der Waals surface area contributed by atoms with Crippen LogP contribution >= 0.6 is 11.6 Å². The van der Waals surface area contributed by atoms with Gasteiger partial charge < -0.3 is 14.6 Å². The smallest absolute Gasteiger partial charge is 0.337 e. The fraction of sp³-hybridized carbons (Fsp3) is 0.320. The number of aromatic carboxylic acids is 1. The van der Waals surface area contributed by atoms with Crippen LogP contribution in [0.25, 0.3) is 11.0 Å². The molecule has 4 heterocycles. The predicted octanol–water partition coefficient (Wildman–Crippen LogP) is 4.71. The Kier molecular flexibility index (Phi) is 6.34. The summed E-state index contributed by atoms with van der Waals surface area (Å²) in [5.74, 6) is -0.740. The number of piperidine rings is 1. The Morgan fingerprint density at radius 2 is 1.89 bits per heavy atom. The zero-order chi connectivity index (χ0) is 24.5. The number of benzene rings is 1. The van der Waals surface area contributed by atoms with Gasteiger partial charge in [-0.25, -0.2) is 29.1 Å². The Morgan fingerprint density at radius 3 is 2.54 bits per heavy atom. The largest absolute Gasteiger partial charge is 0.478 e. The van der Waals surface area contributed by atoms with Gasteiger partial charge in [0.15, 0.2) is 5.82 Å². The first-order valence-corrected chi connectivity index (χ1v) is 11.9. The van der Waals surface area contributed by atoms with Crippen LogP contribution in [-0.2, 0) is 12.8 Å². The summed E-state index contributed by atoms with van der Waals surface area (Å²) < 4.78 is 17.1. The van der Waals surface area contributed by atoms with E-state index in [2.05, 4.69) is 31.8 Å². The molecule has 1 fully saturated rings. The summed E-state index contributed by atoms with van der Waals surface area (Å²) >= 11 is 6.11. The van der Waals surface area contributed by atoms with E-state index < -0.39 is 5.97 Å². The van der Waals surface area contributed by atoms with Crippen molar-refractivity contribution < 1.29 is 14.3 Å². The molecule has 0 amide bonds. The highest BCUT2D eigenvalue weighted by molar-refractivity contribution is 6.33. The summed E-state index contributed by atoms with van der Waals surface area (Å²) in [7, 11) is 0. The first kappa shape index (κ1) is 23.2. The van der Waals surface area contributed by atoms with Crippen molar-refractivity contribution in [3.63, 3.8) is 0 Å². The molecule has 1 N–H and O–H groups in total. The van der Waals surface area contributed by atoms with Crippen LogP contribution in [0.1, 0.15) is 53.0 Å². The minimum absolute atomic E-state index is 0.0265. The van der Waals surface area contributed by atoms with Crippen LogP contribution in [0.3, 0.4) is 0 Å². The van der Waals surface area contributed by atoms with E-state index in [4.69, 9.17) is 11.6 Å². The SMILES string of the molecule is CCc1cnc(N2CCC(n3cc(F)c4c(Cc5ccc(C(=O)O)c(Cl)c5)ncnc43)CC2)nc1. The van der Waals surface area contributed by atoms with Crippen LogP contribution in [0.5, 0.6) is 0 Å². The second-order valence-electron chi connectivity index (χ2n) is 8.66. The molecule has 5 rings (SSSR count). The lowest BCUT2D eigenvalue weighted by Gasteiger charge is -2.32. The third-order valence-corrected chi connectivity index (χ3v) is 6.83. The van der Waals surface area contributed by atoms with Crippen molar-refractivity contribution in [1.29, 1.82) is 0 Å². The molecule has 0 unspecified atom stereocenters. The molecule has 3 aromatic heterocycles. The summed E-state index contributed by atoms with van der Waals surface area (Å²) in [6, 6.07) is 4.80. The molecule has 0 spiro atoms. The Hall–Kier alpha value is -3.59. The maximum atomic E-state index is 15.2. The molecule has 1 aromatic carbocycles. The van der Waals surface area contributed by atoms with Gasteiger partial charge in [-0.15, -0.1) is 0 Å². The number of aromatic nitrogens is 5. The Balaban J connectivity index is 1.37. The Labute approximate surface area is 206 Å². The van der Waals surface area contributed by atoms with E-state index in [0.29, 0.717) is 23.1 Å². The van der Waals surface area contributed by atoms with E-state index in [-0.39, 0.29) is 22.4 Å².